The molecule has 2 aromatic rings. The zero-order valence-electron chi connectivity index (χ0n) is 15.3. The van der Waals surface area contributed by atoms with Gasteiger partial charge in [0.2, 0.25) is 5.91 Å². The minimum atomic E-state index is -0.585. The fourth-order valence-corrected chi connectivity index (χ4v) is 3.98. The van der Waals surface area contributed by atoms with Gasteiger partial charge in [-0.2, -0.15) is 11.8 Å². The Kier molecular flexibility index (Phi) is 7.28. The van der Waals surface area contributed by atoms with Crippen LogP contribution in [0.1, 0.15) is 22.5 Å². The van der Waals surface area contributed by atoms with Crippen molar-refractivity contribution in [3.8, 4) is 0 Å². The number of hydrogen-bond donors (Lipinski definition) is 0. The van der Waals surface area contributed by atoms with Crippen LogP contribution in [0.15, 0.2) is 42.6 Å². The summed E-state index contributed by atoms with van der Waals surface area (Å²) < 4.78 is 13.9. The van der Waals surface area contributed by atoms with E-state index in [1.165, 1.54) is 18.2 Å². The maximum absolute atomic E-state index is 13.9. The number of thioether (sulfide) groups is 1. The second-order valence-electron chi connectivity index (χ2n) is 6.42. The lowest BCUT2D eigenvalue weighted by Gasteiger charge is -2.35. The van der Waals surface area contributed by atoms with Crippen LogP contribution in [-0.2, 0) is 10.5 Å². The summed E-state index contributed by atoms with van der Waals surface area (Å²) in [6.45, 7) is 1.69. The van der Waals surface area contributed by atoms with Gasteiger partial charge < -0.3 is 9.80 Å². The lowest BCUT2D eigenvalue weighted by atomic mass is 10.1. The molecule has 28 heavy (non-hydrogen) atoms. The highest BCUT2D eigenvalue weighted by Gasteiger charge is 2.26. The van der Waals surface area contributed by atoms with Crippen molar-refractivity contribution in [2.24, 2.45) is 0 Å². The standard InChI is InChI=1S/C20H21ClFN3O2S/c21-15-4-5-18(22)17(13-15)20(27)25-10-8-24(9-11-25)19(26)6-12-28-14-16-3-1-2-7-23-16/h1-5,7,13H,6,8-12,14H2. The van der Waals surface area contributed by atoms with Crippen LogP contribution in [0.2, 0.25) is 5.02 Å². The third-order valence-electron chi connectivity index (χ3n) is 4.51. The molecule has 0 radical (unpaired) electrons. The minimum Gasteiger partial charge on any atom is -0.339 e. The summed E-state index contributed by atoms with van der Waals surface area (Å²) in [4.78, 5) is 32.5. The number of carbonyl (C=O) groups is 2. The van der Waals surface area contributed by atoms with Crippen molar-refractivity contribution in [3.05, 3.63) is 64.7 Å². The normalized spacial score (nSPS) is 14.2. The van der Waals surface area contributed by atoms with Gasteiger partial charge in [-0.15, -0.1) is 0 Å². The topological polar surface area (TPSA) is 53.5 Å². The predicted molar refractivity (Wildman–Crippen MR) is 109 cm³/mol. The van der Waals surface area contributed by atoms with Gasteiger partial charge in [0, 0.05) is 55.3 Å². The van der Waals surface area contributed by atoms with Crippen LogP contribution in [0.25, 0.3) is 0 Å². The molecule has 3 rings (SSSR count). The third kappa shape index (κ3) is 5.45. The Balaban J connectivity index is 1.42. The molecule has 148 valence electrons. The molecule has 0 aliphatic carbocycles. The van der Waals surface area contributed by atoms with Crippen LogP contribution >= 0.6 is 23.4 Å². The van der Waals surface area contributed by atoms with E-state index in [1.807, 2.05) is 18.2 Å². The molecule has 1 aromatic heterocycles. The average Bonchev–Trinajstić information content (AvgIpc) is 2.73. The summed E-state index contributed by atoms with van der Waals surface area (Å²) in [6, 6.07) is 9.74. The van der Waals surface area contributed by atoms with Gasteiger partial charge in [-0.25, -0.2) is 4.39 Å². The number of aromatic nitrogens is 1. The van der Waals surface area contributed by atoms with E-state index in [9.17, 15) is 14.0 Å². The molecule has 5 nitrogen and oxygen atoms in total. The largest absolute Gasteiger partial charge is 0.339 e. The van der Waals surface area contributed by atoms with E-state index in [1.54, 1.807) is 27.8 Å². The first kappa shape index (κ1) is 20.6. The first-order valence-corrected chi connectivity index (χ1v) is 10.6. The lowest BCUT2D eigenvalue weighted by Crippen LogP contribution is -2.50. The van der Waals surface area contributed by atoms with Crippen LogP contribution in [-0.4, -0.2) is 58.5 Å². The Morgan fingerprint density at radius 1 is 1.11 bits per heavy atom. The quantitative estimate of drug-likeness (QED) is 0.670. The number of halogens is 2. The maximum atomic E-state index is 13.9. The van der Waals surface area contributed by atoms with Crippen LogP contribution in [0, 0.1) is 5.82 Å². The highest BCUT2D eigenvalue weighted by Crippen LogP contribution is 2.18. The number of benzene rings is 1. The van der Waals surface area contributed by atoms with Crippen molar-refractivity contribution in [1.82, 2.24) is 14.8 Å². The molecular weight excluding hydrogens is 401 g/mol. The Bertz CT molecular complexity index is 829. The van der Waals surface area contributed by atoms with Crippen molar-refractivity contribution in [2.75, 3.05) is 31.9 Å². The number of piperazine rings is 1. The Morgan fingerprint density at radius 3 is 2.57 bits per heavy atom. The number of amides is 2. The second kappa shape index (κ2) is 9.89. The second-order valence-corrected chi connectivity index (χ2v) is 7.96. The Hall–Kier alpha value is -2.12. The number of hydrogen-bond acceptors (Lipinski definition) is 4. The molecule has 1 saturated heterocycles. The average molecular weight is 422 g/mol. The molecule has 1 aliphatic heterocycles. The van der Waals surface area contributed by atoms with Gasteiger partial charge in [0.05, 0.1) is 11.3 Å². The molecule has 2 amide bonds. The summed E-state index contributed by atoms with van der Waals surface area (Å²) in [6.07, 6.45) is 2.21. The molecule has 0 saturated carbocycles. The molecule has 0 unspecified atom stereocenters. The lowest BCUT2D eigenvalue weighted by molar-refractivity contribution is -0.132. The summed E-state index contributed by atoms with van der Waals surface area (Å²) >= 11 is 7.54. The van der Waals surface area contributed by atoms with Gasteiger partial charge in [-0.1, -0.05) is 17.7 Å². The van der Waals surface area contributed by atoms with Crippen LogP contribution < -0.4 is 0 Å². The van der Waals surface area contributed by atoms with Gasteiger partial charge in [0.15, 0.2) is 0 Å². The summed E-state index contributed by atoms with van der Waals surface area (Å²) in [5.74, 6) is 0.606. The molecule has 1 aromatic carbocycles. The molecule has 1 aliphatic rings. The monoisotopic (exact) mass is 421 g/mol. The van der Waals surface area contributed by atoms with E-state index in [2.05, 4.69) is 4.98 Å². The van der Waals surface area contributed by atoms with E-state index in [0.717, 1.165) is 17.2 Å². The van der Waals surface area contributed by atoms with Gasteiger partial charge in [-0.3, -0.25) is 14.6 Å². The van der Waals surface area contributed by atoms with Crippen molar-refractivity contribution in [2.45, 2.75) is 12.2 Å². The zero-order chi connectivity index (χ0) is 19.9. The third-order valence-corrected chi connectivity index (χ3v) is 5.74. The summed E-state index contributed by atoms with van der Waals surface area (Å²) in [7, 11) is 0. The maximum Gasteiger partial charge on any atom is 0.257 e. The molecule has 0 N–H and O–H groups in total. The SMILES string of the molecule is O=C(CCSCc1ccccn1)N1CCN(C(=O)c2cc(Cl)ccc2F)CC1. The summed E-state index contributed by atoms with van der Waals surface area (Å²) in [5, 5.41) is 0.321. The van der Waals surface area contributed by atoms with Gasteiger partial charge in [0.25, 0.3) is 5.91 Å². The molecule has 1 fully saturated rings. The van der Waals surface area contributed by atoms with Crippen LogP contribution in [0.4, 0.5) is 4.39 Å². The molecule has 0 atom stereocenters. The highest BCUT2D eigenvalue weighted by molar-refractivity contribution is 7.98. The van der Waals surface area contributed by atoms with E-state index < -0.39 is 11.7 Å². The first-order chi connectivity index (χ1) is 13.5. The van der Waals surface area contributed by atoms with Gasteiger partial charge in [0.1, 0.15) is 5.82 Å². The van der Waals surface area contributed by atoms with Crippen molar-refractivity contribution in [1.29, 1.82) is 0 Å². The zero-order valence-corrected chi connectivity index (χ0v) is 16.9. The molecular formula is C20H21ClFN3O2S. The number of carbonyl (C=O) groups excluding carboxylic acids is 2. The van der Waals surface area contributed by atoms with Crippen LogP contribution in [0.3, 0.4) is 0 Å². The van der Waals surface area contributed by atoms with E-state index >= 15 is 0 Å². The summed E-state index contributed by atoms with van der Waals surface area (Å²) in [5.41, 5.74) is 0.971. The van der Waals surface area contributed by atoms with Gasteiger partial charge in [-0.05, 0) is 30.3 Å². The van der Waals surface area contributed by atoms with Crippen LogP contribution in [0.5, 0.6) is 0 Å². The Labute approximate surface area is 172 Å². The molecule has 0 bridgehead atoms. The van der Waals surface area contributed by atoms with E-state index in [4.69, 9.17) is 11.6 Å². The number of rotatable bonds is 6. The molecule has 0 spiro atoms. The van der Waals surface area contributed by atoms with Gasteiger partial charge >= 0.3 is 0 Å². The number of nitrogens with zero attached hydrogens (tertiary/aromatic N) is 3. The predicted octanol–water partition coefficient (Wildman–Crippen LogP) is 3.48. The van der Waals surface area contributed by atoms with Crippen molar-refractivity contribution >= 4 is 35.2 Å². The van der Waals surface area contributed by atoms with Crippen molar-refractivity contribution in [3.63, 3.8) is 0 Å². The fourth-order valence-electron chi connectivity index (χ4n) is 2.97. The number of pyridine rings is 1. The smallest absolute Gasteiger partial charge is 0.257 e. The fraction of sp³-hybridized carbons (Fsp3) is 0.350. The first-order valence-electron chi connectivity index (χ1n) is 9.04. The Morgan fingerprint density at radius 2 is 1.86 bits per heavy atom. The molecule has 2 heterocycles. The van der Waals surface area contributed by atoms with E-state index in [0.29, 0.717) is 37.6 Å². The molecule has 8 heteroatoms. The highest BCUT2D eigenvalue weighted by atomic mass is 35.5. The minimum absolute atomic E-state index is 0.0294. The van der Waals surface area contributed by atoms with E-state index in [-0.39, 0.29) is 11.5 Å². The van der Waals surface area contributed by atoms with Crippen molar-refractivity contribution < 1.29 is 14.0 Å².